The van der Waals surface area contributed by atoms with Gasteiger partial charge in [-0.3, -0.25) is 9.59 Å². The Morgan fingerprint density at radius 3 is 2.00 bits per heavy atom. The minimum atomic E-state index is -0.504. The van der Waals surface area contributed by atoms with E-state index in [0.717, 1.165) is 0 Å². The summed E-state index contributed by atoms with van der Waals surface area (Å²) >= 11 is 0. The molecular weight excluding hydrogens is 260 g/mol. The standard InChI is InChI=1S/C14H22N2O4/c1-14(2,3)20-13(19)16-6-4-15(5-7-16)12(18)10-8-11(17)9-10/h10H,4-9H2,1-3H3. The maximum Gasteiger partial charge on any atom is 0.410 e. The van der Waals surface area contributed by atoms with Crippen molar-refractivity contribution in [2.24, 2.45) is 5.92 Å². The normalized spacial score (nSPS) is 20.6. The van der Waals surface area contributed by atoms with Crippen molar-refractivity contribution in [2.75, 3.05) is 26.2 Å². The molecule has 0 unspecified atom stereocenters. The van der Waals surface area contributed by atoms with Crippen LogP contribution in [0.15, 0.2) is 0 Å². The second-order valence-corrected chi connectivity index (χ2v) is 6.44. The van der Waals surface area contributed by atoms with Crippen LogP contribution in [0, 0.1) is 5.92 Å². The summed E-state index contributed by atoms with van der Waals surface area (Å²) in [6.45, 7) is 7.50. The van der Waals surface area contributed by atoms with Crippen LogP contribution in [0.1, 0.15) is 33.6 Å². The first kappa shape index (κ1) is 14.8. The molecule has 1 saturated carbocycles. The van der Waals surface area contributed by atoms with E-state index in [0.29, 0.717) is 39.0 Å². The summed E-state index contributed by atoms with van der Waals surface area (Å²) in [6, 6.07) is 0. The number of carbonyl (C=O) groups is 3. The van der Waals surface area contributed by atoms with Gasteiger partial charge in [-0.1, -0.05) is 0 Å². The first-order chi connectivity index (χ1) is 9.26. The van der Waals surface area contributed by atoms with E-state index in [1.807, 2.05) is 20.8 Å². The number of hydrogen-bond acceptors (Lipinski definition) is 4. The Labute approximate surface area is 119 Å². The molecule has 1 aliphatic carbocycles. The van der Waals surface area contributed by atoms with E-state index < -0.39 is 5.60 Å². The third-order valence-corrected chi connectivity index (χ3v) is 3.54. The van der Waals surface area contributed by atoms with Crippen LogP contribution < -0.4 is 0 Å². The van der Waals surface area contributed by atoms with Gasteiger partial charge in [0.2, 0.25) is 5.91 Å². The fourth-order valence-corrected chi connectivity index (χ4v) is 2.36. The molecule has 2 aliphatic rings. The van der Waals surface area contributed by atoms with Gasteiger partial charge in [0, 0.05) is 39.0 Å². The molecule has 0 aromatic heterocycles. The number of Topliss-reactive ketones (excluding diaryl/α,β-unsaturated/α-hetero) is 1. The Morgan fingerprint density at radius 1 is 1.05 bits per heavy atom. The topological polar surface area (TPSA) is 66.9 Å². The molecule has 0 radical (unpaired) electrons. The van der Waals surface area contributed by atoms with Gasteiger partial charge in [-0.25, -0.2) is 4.79 Å². The molecule has 0 atom stereocenters. The number of carbonyl (C=O) groups excluding carboxylic acids is 3. The molecule has 0 aromatic rings. The van der Waals surface area contributed by atoms with E-state index >= 15 is 0 Å². The van der Waals surface area contributed by atoms with Crippen molar-refractivity contribution in [3.05, 3.63) is 0 Å². The average molecular weight is 282 g/mol. The molecule has 0 bridgehead atoms. The highest BCUT2D eigenvalue weighted by molar-refractivity contribution is 5.96. The minimum absolute atomic E-state index is 0.0495. The van der Waals surface area contributed by atoms with E-state index in [1.165, 1.54) is 0 Å². The lowest BCUT2D eigenvalue weighted by atomic mass is 9.83. The fourth-order valence-electron chi connectivity index (χ4n) is 2.36. The Bertz CT molecular complexity index is 411. The van der Waals surface area contributed by atoms with Crippen molar-refractivity contribution >= 4 is 17.8 Å². The van der Waals surface area contributed by atoms with Gasteiger partial charge >= 0.3 is 6.09 Å². The summed E-state index contributed by atoms with van der Waals surface area (Å²) in [5.74, 6) is 0.0831. The fraction of sp³-hybridized carbons (Fsp3) is 0.786. The monoisotopic (exact) mass is 282 g/mol. The molecule has 0 spiro atoms. The molecule has 1 heterocycles. The van der Waals surface area contributed by atoms with Crippen LogP contribution >= 0.6 is 0 Å². The Kier molecular flexibility index (Phi) is 4.01. The molecule has 0 N–H and O–H groups in total. The molecular formula is C14H22N2O4. The molecule has 2 fully saturated rings. The van der Waals surface area contributed by atoms with Crippen LogP contribution in [-0.4, -0.2) is 59.4 Å². The highest BCUT2D eigenvalue weighted by Gasteiger charge is 2.37. The summed E-state index contributed by atoms with van der Waals surface area (Å²) < 4.78 is 5.31. The maximum atomic E-state index is 12.1. The predicted molar refractivity (Wildman–Crippen MR) is 72.1 cm³/mol. The highest BCUT2D eigenvalue weighted by atomic mass is 16.6. The van der Waals surface area contributed by atoms with Gasteiger partial charge in [0.15, 0.2) is 0 Å². The van der Waals surface area contributed by atoms with Gasteiger partial charge in [0.25, 0.3) is 0 Å². The lowest BCUT2D eigenvalue weighted by Crippen LogP contribution is -2.54. The summed E-state index contributed by atoms with van der Waals surface area (Å²) in [7, 11) is 0. The number of rotatable bonds is 1. The van der Waals surface area contributed by atoms with E-state index in [2.05, 4.69) is 0 Å². The van der Waals surface area contributed by atoms with Crippen LogP contribution in [0.5, 0.6) is 0 Å². The largest absolute Gasteiger partial charge is 0.444 e. The quantitative estimate of drug-likeness (QED) is 0.721. The van der Waals surface area contributed by atoms with Gasteiger partial charge in [0.05, 0.1) is 5.92 Å². The molecule has 2 rings (SSSR count). The van der Waals surface area contributed by atoms with Crippen molar-refractivity contribution in [2.45, 2.75) is 39.2 Å². The van der Waals surface area contributed by atoms with Crippen LogP contribution in [0.2, 0.25) is 0 Å². The van der Waals surface area contributed by atoms with Gasteiger partial charge in [0.1, 0.15) is 11.4 Å². The zero-order chi connectivity index (χ0) is 14.9. The molecule has 1 aliphatic heterocycles. The SMILES string of the molecule is CC(C)(C)OC(=O)N1CCN(C(=O)C2CC(=O)C2)CC1. The van der Waals surface area contributed by atoms with Gasteiger partial charge in [-0.05, 0) is 20.8 Å². The molecule has 0 aromatic carbocycles. The molecule has 6 nitrogen and oxygen atoms in total. The third-order valence-electron chi connectivity index (χ3n) is 3.54. The van der Waals surface area contributed by atoms with Crippen LogP contribution in [0.3, 0.4) is 0 Å². The minimum Gasteiger partial charge on any atom is -0.444 e. The maximum absolute atomic E-state index is 12.1. The second-order valence-electron chi connectivity index (χ2n) is 6.44. The highest BCUT2D eigenvalue weighted by Crippen LogP contribution is 2.25. The smallest absolute Gasteiger partial charge is 0.410 e. The van der Waals surface area contributed by atoms with Crippen molar-refractivity contribution in [3.8, 4) is 0 Å². The van der Waals surface area contributed by atoms with E-state index in [4.69, 9.17) is 4.74 Å². The third kappa shape index (κ3) is 3.49. The van der Waals surface area contributed by atoms with E-state index in [-0.39, 0.29) is 23.7 Å². The average Bonchev–Trinajstić information content (AvgIpc) is 2.32. The van der Waals surface area contributed by atoms with Crippen molar-refractivity contribution in [3.63, 3.8) is 0 Å². The van der Waals surface area contributed by atoms with Crippen molar-refractivity contribution < 1.29 is 19.1 Å². The molecule has 112 valence electrons. The number of ether oxygens (including phenoxy) is 1. The summed E-state index contributed by atoms with van der Waals surface area (Å²) in [5, 5.41) is 0. The summed E-state index contributed by atoms with van der Waals surface area (Å²) in [6.07, 6.45) is 0.430. The molecule has 6 heteroatoms. The molecule has 1 saturated heterocycles. The predicted octanol–water partition coefficient (Wildman–Crippen LogP) is 1.04. The number of piperazine rings is 1. The van der Waals surface area contributed by atoms with Crippen molar-refractivity contribution in [1.82, 2.24) is 9.80 Å². The zero-order valence-electron chi connectivity index (χ0n) is 12.3. The van der Waals surface area contributed by atoms with E-state index in [9.17, 15) is 14.4 Å². The summed E-state index contributed by atoms with van der Waals surface area (Å²) in [5.41, 5.74) is -0.504. The van der Waals surface area contributed by atoms with Crippen molar-refractivity contribution in [1.29, 1.82) is 0 Å². The van der Waals surface area contributed by atoms with Gasteiger partial charge in [-0.2, -0.15) is 0 Å². The Morgan fingerprint density at radius 2 is 1.55 bits per heavy atom. The Balaban J connectivity index is 1.79. The summed E-state index contributed by atoms with van der Waals surface area (Å²) in [4.78, 5) is 38.3. The first-order valence-corrected chi connectivity index (χ1v) is 7.05. The van der Waals surface area contributed by atoms with Gasteiger partial charge in [-0.15, -0.1) is 0 Å². The second kappa shape index (κ2) is 5.42. The lowest BCUT2D eigenvalue weighted by molar-refractivity contribution is -0.146. The zero-order valence-corrected chi connectivity index (χ0v) is 12.3. The number of ketones is 1. The molecule has 20 heavy (non-hydrogen) atoms. The van der Waals surface area contributed by atoms with Crippen LogP contribution in [0.4, 0.5) is 4.79 Å². The number of nitrogens with zero attached hydrogens (tertiary/aromatic N) is 2. The van der Waals surface area contributed by atoms with Crippen LogP contribution in [-0.2, 0) is 14.3 Å². The Hall–Kier alpha value is -1.59. The first-order valence-electron chi connectivity index (χ1n) is 7.05. The van der Waals surface area contributed by atoms with Crippen LogP contribution in [0.25, 0.3) is 0 Å². The van der Waals surface area contributed by atoms with Gasteiger partial charge < -0.3 is 14.5 Å². The lowest BCUT2D eigenvalue weighted by Gasteiger charge is -2.38. The van der Waals surface area contributed by atoms with E-state index in [1.54, 1.807) is 9.80 Å². The number of amides is 2. The molecule has 2 amide bonds. The number of hydrogen-bond donors (Lipinski definition) is 0.